The molecule has 2 N–H and O–H groups in total. The van der Waals surface area contributed by atoms with E-state index in [9.17, 15) is 9.90 Å². The summed E-state index contributed by atoms with van der Waals surface area (Å²) in [5.74, 6) is 0.184. The van der Waals surface area contributed by atoms with Gasteiger partial charge in [0.1, 0.15) is 0 Å². The summed E-state index contributed by atoms with van der Waals surface area (Å²) >= 11 is 0. The Kier molecular flexibility index (Phi) is 6.52. The highest BCUT2D eigenvalue weighted by Gasteiger charge is 2.26. The van der Waals surface area contributed by atoms with Gasteiger partial charge in [0.05, 0.1) is 6.10 Å². The Morgan fingerprint density at radius 3 is 2.82 bits per heavy atom. The predicted octanol–water partition coefficient (Wildman–Crippen LogP) is 1.30. The van der Waals surface area contributed by atoms with Gasteiger partial charge < -0.3 is 15.1 Å². The number of aliphatic hydroxyl groups excluding tert-OH is 2. The molecule has 0 radical (unpaired) electrons. The Morgan fingerprint density at radius 2 is 2.18 bits per heavy atom. The van der Waals surface area contributed by atoms with Crippen LogP contribution in [0.5, 0.6) is 0 Å². The van der Waals surface area contributed by atoms with Crippen molar-refractivity contribution in [2.45, 2.75) is 64.0 Å². The van der Waals surface area contributed by atoms with E-state index in [1.807, 2.05) is 4.90 Å². The molecule has 1 rings (SSSR count). The summed E-state index contributed by atoms with van der Waals surface area (Å²) in [4.78, 5) is 14.0. The van der Waals surface area contributed by atoms with E-state index in [1.54, 1.807) is 6.92 Å². The lowest BCUT2D eigenvalue weighted by atomic mass is 9.96. The molecule has 0 bridgehead atoms. The maximum absolute atomic E-state index is 12.0. The number of likely N-dealkylation sites (tertiary alicyclic amines) is 1. The van der Waals surface area contributed by atoms with E-state index in [4.69, 9.17) is 5.11 Å². The molecule has 2 atom stereocenters. The molecule has 1 saturated heterocycles. The van der Waals surface area contributed by atoms with Crippen LogP contribution in [0.2, 0.25) is 0 Å². The van der Waals surface area contributed by atoms with E-state index >= 15 is 0 Å². The second-order valence-electron chi connectivity index (χ2n) is 5.00. The van der Waals surface area contributed by atoms with E-state index in [0.717, 1.165) is 32.2 Å². The van der Waals surface area contributed by atoms with Crippen LogP contribution in [-0.2, 0) is 4.79 Å². The van der Waals surface area contributed by atoms with Crippen molar-refractivity contribution in [2.75, 3.05) is 13.2 Å². The molecule has 4 heteroatoms. The molecule has 0 aliphatic carbocycles. The van der Waals surface area contributed by atoms with Crippen molar-refractivity contribution >= 4 is 5.91 Å². The van der Waals surface area contributed by atoms with Crippen LogP contribution in [0.1, 0.15) is 51.9 Å². The van der Waals surface area contributed by atoms with E-state index in [1.165, 1.54) is 0 Å². The second-order valence-corrected chi connectivity index (χ2v) is 5.00. The highest BCUT2D eigenvalue weighted by molar-refractivity contribution is 5.76. The molecule has 0 aromatic carbocycles. The number of unbranched alkanes of at least 4 members (excludes halogenated alkanes) is 1. The smallest absolute Gasteiger partial charge is 0.222 e. The lowest BCUT2D eigenvalue weighted by molar-refractivity contribution is -0.135. The molecule has 0 aromatic heterocycles. The van der Waals surface area contributed by atoms with E-state index in [-0.39, 0.29) is 24.7 Å². The fourth-order valence-electron chi connectivity index (χ4n) is 2.50. The van der Waals surface area contributed by atoms with Crippen molar-refractivity contribution in [3.63, 3.8) is 0 Å². The van der Waals surface area contributed by atoms with Gasteiger partial charge in [-0.15, -0.1) is 0 Å². The molecule has 1 heterocycles. The Balaban J connectivity index is 2.43. The van der Waals surface area contributed by atoms with Crippen LogP contribution in [0, 0.1) is 0 Å². The average Bonchev–Trinajstić information content (AvgIpc) is 2.29. The van der Waals surface area contributed by atoms with Gasteiger partial charge in [0.2, 0.25) is 5.91 Å². The first-order valence-electron chi connectivity index (χ1n) is 6.73. The minimum absolute atomic E-state index is 0.157. The molecule has 1 aliphatic rings. The fraction of sp³-hybridized carbons (Fsp3) is 0.923. The van der Waals surface area contributed by atoms with Crippen molar-refractivity contribution in [1.29, 1.82) is 0 Å². The lowest BCUT2D eigenvalue weighted by Gasteiger charge is -2.36. The molecule has 1 fully saturated rings. The summed E-state index contributed by atoms with van der Waals surface area (Å²) < 4.78 is 0. The zero-order valence-corrected chi connectivity index (χ0v) is 10.8. The highest BCUT2D eigenvalue weighted by Crippen LogP contribution is 2.22. The van der Waals surface area contributed by atoms with Crippen LogP contribution >= 0.6 is 0 Å². The van der Waals surface area contributed by atoms with Crippen LogP contribution in [0.4, 0.5) is 0 Å². The standard InChI is InChI=1S/C13H25NO3/c1-11(16)10-12-6-2-4-8-14(12)13(17)7-3-5-9-15/h11-12,15-16H,2-10H2,1H3. The Labute approximate surface area is 104 Å². The van der Waals surface area contributed by atoms with Crippen molar-refractivity contribution in [1.82, 2.24) is 4.90 Å². The first-order chi connectivity index (χ1) is 8.15. The minimum Gasteiger partial charge on any atom is -0.396 e. The quantitative estimate of drug-likeness (QED) is 0.691. The molecule has 100 valence electrons. The van der Waals surface area contributed by atoms with Gasteiger partial charge in [0.15, 0.2) is 0 Å². The molecular formula is C13H25NO3. The Hall–Kier alpha value is -0.610. The van der Waals surface area contributed by atoms with Crippen molar-refractivity contribution < 1.29 is 15.0 Å². The first-order valence-corrected chi connectivity index (χ1v) is 6.73. The molecule has 1 aliphatic heterocycles. The maximum atomic E-state index is 12.0. The third-order valence-electron chi connectivity index (χ3n) is 3.36. The number of rotatable bonds is 6. The normalized spacial score (nSPS) is 22.5. The SMILES string of the molecule is CC(O)CC1CCCCN1C(=O)CCCCO. The number of hydrogen-bond donors (Lipinski definition) is 2. The highest BCUT2D eigenvalue weighted by atomic mass is 16.3. The van der Waals surface area contributed by atoms with Crippen molar-refractivity contribution in [2.24, 2.45) is 0 Å². The second kappa shape index (κ2) is 7.67. The van der Waals surface area contributed by atoms with Crippen molar-refractivity contribution in [3.05, 3.63) is 0 Å². The van der Waals surface area contributed by atoms with Gasteiger partial charge >= 0.3 is 0 Å². The van der Waals surface area contributed by atoms with Crippen LogP contribution in [0.25, 0.3) is 0 Å². The van der Waals surface area contributed by atoms with E-state index in [0.29, 0.717) is 19.3 Å². The maximum Gasteiger partial charge on any atom is 0.222 e. The summed E-state index contributed by atoms with van der Waals surface area (Å²) in [5.41, 5.74) is 0. The van der Waals surface area contributed by atoms with E-state index in [2.05, 4.69) is 0 Å². The number of amides is 1. The topological polar surface area (TPSA) is 60.8 Å². The molecule has 0 saturated carbocycles. The summed E-state index contributed by atoms with van der Waals surface area (Å²) in [6.45, 7) is 2.77. The summed E-state index contributed by atoms with van der Waals surface area (Å²) in [6, 6.07) is 0.213. The van der Waals surface area contributed by atoms with Gasteiger partial charge in [0, 0.05) is 25.6 Å². The third-order valence-corrected chi connectivity index (χ3v) is 3.36. The van der Waals surface area contributed by atoms with Crippen LogP contribution in [0.3, 0.4) is 0 Å². The fourth-order valence-corrected chi connectivity index (χ4v) is 2.50. The molecule has 1 amide bonds. The summed E-state index contributed by atoms with van der Waals surface area (Å²) in [6.07, 6.45) is 5.55. The van der Waals surface area contributed by atoms with Gasteiger partial charge in [-0.05, 0) is 45.4 Å². The van der Waals surface area contributed by atoms with Gasteiger partial charge in [0.25, 0.3) is 0 Å². The van der Waals surface area contributed by atoms with Crippen LogP contribution in [0.15, 0.2) is 0 Å². The minimum atomic E-state index is -0.342. The molecule has 2 unspecified atom stereocenters. The predicted molar refractivity (Wildman–Crippen MR) is 66.6 cm³/mol. The van der Waals surface area contributed by atoms with E-state index < -0.39 is 0 Å². The lowest BCUT2D eigenvalue weighted by Crippen LogP contribution is -2.44. The van der Waals surface area contributed by atoms with Crippen molar-refractivity contribution in [3.8, 4) is 0 Å². The average molecular weight is 243 g/mol. The van der Waals surface area contributed by atoms with Crippen LogP contribution < -0.4 is 0 Å². The number of piperidine rings is 1. The Morgan fingerprint density at radius 1 is 1.41 bits per heavy atom. The zero-order chi connectivity index (χ0) is 12.7. The molecular weight excluding hydrogens is 218 g/mol. The third kappa shape index (κ3) is 5.04. The molecule has 0 aromatic rings. The first kappa shape index (κ1) is 14.5. The summed E-state index contributed by atoms with van der Waals surface area (Å²) in [5, 5.41) is 18.1. The van der Waals surface area contributed by atoms with Gasteiger partial charge in [-0.3, -0.25) is 4.79 Å². The number of carbonyl (C=O) groups excluding carboxylic acids is 1. The van der Waals surface area contributed by atoms with Gasteiger partial charge in [-0.1, -0.05) is 0 Å². The number of hydrogen-bond acceptors (Lipinski definition) is 3. The molecule has 17 heavy (non-hydrogen) atoms. The number of aliphatic hydroxyl groups is 2. The summed E-state index contributed by atoms with van der Waals surface area (Å²) in [7, 11) is 0. The van der Waals surface area contributed by atoms with Gasteiger partial charge in [-0.25, -0.2) is 0 Å². The van der Waals surface area contributed by atoms with Gasteiger partial charge in [-0.2, -0.15) is 0 Å². The molecule has 4 nitrogen and oxygen atoms in total. The Bertz CT molecular complexity index is 231. The number of nitrogens with zero attached hydrogens (tertiary/aromatic N) is 1. The zero-order valence-electron chi connectivity index (χ0n) is 10.8. The largest absolute Gasteiger partial charge is 0.396 e. The number of carbonyl (C=O) groups is 1. The monoisotopic (exact) mass is 243 g/mol. The molecule has 0 spiro atoms. The van der Waals surface area contributed by atoms with Crippen LogP contribution in [-0.4, -0.2) is 46.3 Å².